The van der Waals surface area contributed by atoms with Crippen molar-refractivity contribution in [2.24, 2.45) is 0 Å². The molecule has 0 amide bonds. The van der Waals surface area contributed by atoms with Gasteiger partial charge in [0.1, 0.15) is 11.1 Å². The van der Waals surface area contributed by atoms with Crippen LogP contribution in [0, 0.1) is 19.7 Å². The lowest BCUT2D eigenvalue weighted by atomic mass is 10.1. The van der Waals surface area contributed by atoms with E-state index in [4.69, 9.17) is 4.52 Å². The van der Waals surface area contributed by atoms with Gasteiger partial charge in [-0.25, -0.2) is 22.8 Å². The average molecular weight is 426 g/mol. The zero-order valence-electron chi connectivity index (χ0n) is 16.6. The minimum atomic E-state index is -3.71. The van der Waals surface area contributed by atoms with Gasteiger partial charge in [-0.1, -0.05) is 29.4 Å². The van der Waals surface area contributed by atoms with Crippen LogP contribution in [0.15, 0.2) is 47.0 Å². The number of hydrogen-bond donors (Lipinski definition) is 0. The summed E-state index contributed by atoms with van der Waals surface area (Å²) >= 11 is 0. The second-order valence-corrected chi connectivity index (χ2v) is 9.44. The molecule has 2 aromatic carbocycles. The molecule has 4 aromatic rings. The summed E-state index contributed by atoms with van der Waals surface area (Å²) in [5.74, 6) is -0.635. The molecule has 0 radical (unpaired) electrons. The number of sulfone groups is 1. The summed E-state index contributed by atoms with van der Waals surface area (Å²) in [7, 11) is -3.71. The molecule has 0 aliphatic rings. The molecule has 154 valence electrons. The number of fused-ring (bicyclic) bond motifs is 1. The number of halogens is 1. The average Bonchev–Trinajstić information content (AvgIpc) is 3.20. The Morgan fingerprint density at radius 3 is 2.43 bits per heavy atom. The molecular formula is C21H19FN4O3S. The van der Waals surface area contributed by atoms with Gasteiger partial charge >= 0.3 is 0 Å². The lowest BCUT2D eigenvalue weighted by Crippen LogP contribution is -2.15. The minimum absolute atomic E-state index is 0.0580. The number of nitrogens with zero attached hydrogens (tertiary/aromatic N) is 4. The highest BCUT2D eigenvalue weighted by atomic mass is 32.2. The zero-order valence-corrected chi connectivity index (χ0v) is 17.4. The van der Waals surface area contributed by atoms with Crippen LogP contribution in [0.3, 0.4) is 0 Å². The first-order valence-corrected chi connectivity index (χ1v) is 11.0. The van der Waals surface area contributed by atoms with Crippen molar-refractivity contribution in [2.45, 2.75) is 31.8 Å². The first-order chi connectivity index (χ1) is 14.2. The Morgan fingerprint density at radius 1 is 1.03 bits per heavy atom. The van der Waals surface area contributed by atoms with Gasteiger partial charge in [-0.15, -0.1) is 0 Å². The Bertz CT molecular complexity index is 1350. The van der Waals surface area contributed by atoms with Crippen molar-refractivity contribution in [3.8, 4) is 11.4 Å². The van der Waals surface area contributed by atoms with Gasteiger partial charge in [0.25, 0.3) is 0 Å². The summed E-state index contributed by atoms with van der Waals surface area (Å²) < 4.78 is 44.9. The van der Waals surface area contributed by atoms with Gasteiger partial charge in [-0.05, 0) is 44.5 Å². The van der Waals surface area contributed by atoms with Crippen molar-refractivity contribution < 1.29 is 17.3 Å². The largest absolute Gasteiger partial charge is 0.338 e. The first kappa shape index (κ1) is 20.1. The minimum Gasteiger partial charge on any atom is -0.338 e. The molecule has 1 atom stereocenters. The second kappa shape index (κ2) is 7.56. The molecule has 0 fully saturated rings. The molecule has 0 spiro atoms. The summed E-state index contributed by atoms with van der Waals surface area (Å²) in [6.07, 6.45) is 0. The van der Waals surface area contributed by atoms with Crippen LogP contribution in [0.5, 0.6) is 0 Å². The van der Waals surface area contributed by atoms with Gasteiger partial charge in [0.15, 0.2) is 9.84 Å². The van der Waals surface area contributed by atoms with Crippen molar-refractivity contribution >= 4 is 20.9 Å². The summed E-state index contributed by atoms with van der Waals surface area (Å²) in [5.41, 5.74) is 3.16. The standard InChI is InChI=1S/C21H19FN4O3S/c1-12-8-9-15(10-16(12)22)20-25-21(29-26-20)14(3)30(27,28)11-19-13(2)23-17-6-4-5-7-18(17)24-19/h4-10,14H,11H2,1-3H3/t14-/m0/s1. The fraction of sp³-hybridized carbons (Fsp3) is 0.238. The Hall–Kier alpha value is -3.20. The number of aromatic nitrogens is 4. The third-order valence-corrected chi connectivity index (χ3v) is 6.89. The normalized spacial score (nSPS) is 12.9. The molecule has 4 rings (SSSR count). The van der Waals surface area contributed by atoms with Crippen molar-refractivity contribution in [3.05, 3.63) is 71.1 Å². The van der Waals surface area contributed by atoms with E-state index >= 15 is 0 Å². The maximum atomic E-state index is 13.8. The van der Waals surface area contributed by atoms with Crippen LogP contribution in [0.2, 0.25) is 0 Å². The molecule has 2 aromatic heterocycles. The third kappa shape index (κ3) is 3.80. The van der Waals surface area contributed by atoms with Crippen molar-refractivity contribution in [1.82, 2.24) is 20.1 Å². The molecule has 0 aliphatic heterocycles. The molecule has 0 unspecified atom stereocenters. The SMILES string of the molecule is Cc1ccc(-c2noc([C@H](C)S(=O)(=O)Cc3nc4ccccc4nc3C)n2)cc1F. The van der Waals surface area contributed by atoms with E-state index in [0.717, 1.165) is 0 Å². The van der Waals surface area contributed by atoms with Gasteiger partial charge in [-0.2, -0.15) is 4.98 Å². The lowest BCUT2D eigenvalue weighted by molar-refractivity contribution is 0.377. The van der Waals surface area contributed by atoms with E-state index in [2.05, 4.69) is 20.1 Å². The summed E-state index contributed by atoms with van der Waals surface area (Å²) in [6.45, 7) is 4.85. The predicted molar refractivity (Wildman–Crippen MR) is 110 cm³/mol. The van der Waals surface area contributed by atoms with Crippen LogP contribution in [-0.2, 0) is 15.6 Å². The van der Waals surface area contributed by atoms with E-state index in [1.807, 2.05) is 18.2 Å². The Kier molecular flexibility index (Phi) is 5.07. The maximum absolute atomic E-state index is 13.8. The molecule has 2 heterocycles. The van der Waals surface area contributed by atoms with E-state index in [9.17, 15) is 12.8 Å². The Balaban J connectivity index is 1.61. The van der Waals surface area contributed by atoms with Gasteiger partial charge in [-0.3, -0.25) is 0 Å². The molecule has 0 bridgehead atoms. The van der Waals surface area contributed by atoms with E-state index in [1.165, 1.54) is 13.0 Å². The van der Waals surface area contributed by atoms with Crippen molar-refractivity contribution in [3.63, 3.8) is 0 Å². The molecule has 9 heteroatoms. The Labute approximate surface area is 172 Å². The molecule has 0 saturated heterocycles. The molecule has 30 heavy (non-hydrogen) atoms. The maximum Gasteiger partial charge on any atom is 0.245 e. The summed E-state index contributed by atoms with van der Waals surface area (Å²) in [5, 5.41) is 2.76. The first-order valence-electron chi connectivity index (χ1n) is 9.28. The molecule has 0 N–H and O–H groups in total. The van der Waals surface area contributed by atoms with Crippen molar-refractivity contribution in [1.29, 1.82) is 0 Å². The quantitative estimate of drug-likeness (QED) is 0.473. The van der Waals surface area contributed by atoms with E-state index in [0.29, 0.717) is 33.5 Å². The van der Waals surface area contributed by atoms with Crippen LogP contribution >= 0.6 is 0 Å². The fourth-order valence-electron chi connectivity index (χ4n) is 2.98. The smallest absolute Gasteiger partial charge is 0.245 e. The highest BCUT2D eigenvalue weighted by Crippen LogP contribution is 2.27. The number of para-hydroxylation sites is 2. The number of hydrogen-bond acceptors (Lipinski definition) is 7. The number of benzene rings is 2. The van der Waals surface area contributed by atoms with E-state index in [-0.39, 0.29) is 17.5 Å². The van der Waals surface area contributed by atoms with Gasteiger partial charge in [0.05, 0.1) is 28.2 Å². The zero-order chi connectivity index (χ0) is 21.5. The van der Waals surface area contributed by atoms with Crippen LogP contribution in [-0.4, -0.2) is 28.5 Å². The van der Waals surface area contributed by atoms with Crippen LogP contribution in [0.4, 0.5) is 4.39 Å². The lowest BCUT2D eigenvalue weighted by Gasteiger charge is -2.10. The molecule has 7 nitrogen and oxygen atoms in total. The molecular weight excluding hydrogens is 407 g/mol. The monoisotopic (exact) mass is 426 g/mol. The van der Waals surface area contributed by atoms with E-state index < -0.39 is 20.9 Å². The van der Waals surface area contributed by atoms with Crippen LogP contribution < -0.4 is 0 Å². The highest BCUT2D eigenvalue weighted by Gasteiger charge is 2.30. The third-order valence-electron chi connectivity index (χ3n) is 4.94. The number of rotatable bonds is 5. The van der Waals surface area contributed by atoms with Crippen LogP contribution in [0.25, 0.3) is 22.4 Å². The van der Waals surface area contributed by atoms with Gasteiger partial charge in [0.2, 0.25) is 11.7 Å². The summed E-state index contributed by atoms with van der Waals surface area (Å²) in [4.78, 5) is 13.1. The topological polar surface area (TPSA) is 98.8 Å². The molecule has 0 aliphatic carbocycles. The molecule has 0 saturated carbocycles. The highest BCUT2D eigenvalue weighted by molar-refractivity contribution is 7.90. The fourth-order valence-corrected chi connectivity index (χ4v) is 4.29. The Morgan fingerprint density at radius 2 is 1.73 bits per heavy atom. The van der Waals surface area contributed by atoms with E-state index in [1.54, 1.807) is 32.0 Å². The number of aryl methyl sites for hydroxylation is 2. The van der Waals surface area contributed by atoms with Crippen LogP contribution in [0.1, 0.15) is 35.0 Å². The van der Waals surface area contributed by atoms with Gasteiger partial charge in [0, 0.05) is 5.56 Å². The predicted octanol–water partition coefficient (Wildman–Crippen LogP) is 4.11. The van der Waals surface area contributed by atoms with Crippen molar-refractivity contribution in [2.75, 3.05) is 0 Å². The van der Waals surface area contributed by atoms with Gasteiger partial charge < -0.3 is 4.52 Å². The summed E-state index contributed by atoms with van der Waals surface area (Å²) in [6, 6.07) is 11.8. The second-order valence-electron chi connectivity index (χ2n) is 7.11.